The lowest BCUT2D eigenvalue weighted by Gasteiger charge is -2.29. The van der Waals surface area contributed by atoms with E-state index in [9.17, 15) is 14.4 Å². The summed E-state index contributed by atoms with van der Waals surface area (Å²) in [5.41, 5.74) is 0. The van der Waals surface area contributed by atoms with Crippen LogP contribution < -0.4 is 10.6 Å². The highest BCUT2D eigenvalue weighted by atomic mass is 16.5. The molecule has 2 N–H and O–H groups in total. The maximum atomic E-state index is 12.2. The first-order chi connectivity index (χ1) is 13.0. The summed E-state index contributed by atoms with van der Waals surface area (Å²) in [7, 11) is 0. The van der Waals surface area contributed by atoms with Gasteiger partial charge in [0.1, 0.15) is 12.4 Å². The van der Waals surface area contributed by atoms with E-state index in [1.807, 2.05) is 20.8 Å². The van der Waals surface area contributed by atoms with Gasteiger partial charge in [-0.05, 0) is 39.0 Å². The van der Waals surface area contributed by atoms with Crippen molar-refractivity contribution in [3.05, 3.63) is 0 Å². The van der Waals surface area contributed by atoms with Crippen LogP contribution in [-0.2, 0) is 23.9 Å². The number of ether oxygens (including phenoxy) is 2. The number of ketones is 1. The second-order valence-electron chi connectivity index (χ2n) is 7.18. The number of carbonyl (C=O) groups excluding carboxylic acids is 3. The van der Waals surface area contributed by atoms with Crippen LogP contribution in [0.3, 0.4) is 0 Å². The SMILES string of the molecule is CCOCC(=O)NCCOCCC(=O)NC1CCC(C(=O)C(C)CC)CC1.[HH].[HH]. The molecule has 1 aliphatic rings. The highest BCUT2D eigenvalue weighted by molar-refractivity contribution is 5.83. The van der Waals surface area contributed by atoms with Crippen molar-refractivity contribution in [1.82, 2.24) is 10.6 Å². The number of hydrogen-bond donors (Lipinski definition) is 2. The molecular formula is C20H40N2O5. The molecule has 0 saturated heterocycles. The van der Waals surface area contributed by atoms with Gasteiger partial charge in [-0.3, -0.25) is 14.4 Å². The van der Waals surface area contributed by atoms with Gasteiger partial charge in [0.05, 0.1) is 13.2 Å². The van der Waals surface area contributed by atoms with E-state index in [-0.39, 0.29) is 39.2 Å². The molecule has 160 valence electrons. The van der Waals surface area contributed by atoms with Gasteiger partial charge in [0.2, 0.25) is 11.8 Å². The lowest BCUT2D eigenvalue weighted by molar-refractivity contribution is -0.128. The predicted molar refractivity (Wildman–Crippen MR) is 108 cm³/mol. The Hall–Kier alpha value is -1.47. The van der Waals surface area contributed by atoms with Gasteiger partial charge in [-0.1, -0.05) is 13.8 Å². The van der Waals surface area contributed by atoms with Gasteiger partial charge in [-0.25, -0.2) is 0 Å². The van der Waals surface area contributed by atoms with E-state index in [0.717, 1.165) is 32.1 Å². The molecule has 1 aliphatic carbocycles. The molecule has 1 fully saturated rings. The van der Waals surface area contributed by atoms with Crippen LogP contribution in [0.5, 0.6) is 0 Å². The molecule has 1 atom stereocenters. The van der Waals surface area contributed by atoms with Crippen LogP contribution in [0.2, 0.25) is 0 Å². The van der Waals surface area contributed by atoms with Crippen molar-refractivity contribution in [2.24, 2.45) is 11.8 Å². The van der Waals surface area contributed by atoms with Crippen molar-refractivity contribution in [2.75, 3.05) is 33.0 Å². The predicted octanol–water partition coefficient (Wildman–Crippen LogP) is 2.33. The summed E-state index contributed by atoms with van der Waals surface area (Å²) < 4.78 is 10.4. The molecule has 7 heteroatoms. The molecule has 0 bridgehead atoms. The van der Waals surface area contributed by atoms with Crippen LogP contribution >= 0.6 is 0 Å². The minimum Gasteiger partial charge on any atom is -0.379 e. The first-order valence-electron chi connectivity index (χ1n) is 10.2. The van der Waals surface area contributed by atoms with E-state index in [0.29, 0.717) is 38.6 Å². The van der Waals surface area contributed by atoms with Crippen LogP contribution in [0, 0.1) is 11.8 Å². The molecular weight excluding hydrogens is 348 g/mol. The molecule has 0 aromatic heterocycles. The fourth-order valence-electron chi connectivity index (χ4n) is 3.20. The van der Waals surface area contributed by atoms with E-state index in [2.05, 4.69) is 10.6 Å². The third-order valence-corrected chi connectivity index (χ3v) is 5.07. The number of nitrogens with one attached hydrogen (secondary N) is 2. The summed E-state index contributed by atoms with van der Waals surface area (Å²) in [5, 5.41) is 5.72. The fourth-order valence-corrected chi connectivity index (χ4v) is 3.20. The highest BCUT2D eigenvalue weighted by Gasteiger charge is 2.28. The van der Waals surface area contributed by atoms with E-state index in [4.69, 9.17) is 9.47 Å². The smallest absolute Gasteiger partial charge is 0.246 e. The lowest BCUT2D eigenvalue weighted by atomic mass is 9.79. The molecule has 27 heavy (non-hydrogen) atoms. The molecule has 0 aliphatic heterocycles. The van der Waals surface area contributed by atoms with Crippen LogP contribution in [0.15, 0.2) is 0 Å². The molecule has 2 amide bonds. The van der Waals surface area contributed by atoms with Gasteiger partial charge >= 0.3 is 0 Å². The minimum atomic E-state index is -0.166. The van der Waals surface area contributed by atoms with E-state index >= 15 is 0 Å². The maximum Gasteiger partial charge on any atom is 0.246 e. The Morgan fingerprint density at radius 3 is 2.37 bits per heavy atom. The molecule has 0 heterocycles. The Kier molecular flexibility index (Phi) is 11.9. The lowest BCUT2D eigenvalue weighted by Crippen LogP contribution is -2.39. The zero-order valence-corrected chi connectivity index (χ0v) is 17.1. The quantitative estimate of drug-likeness (QED) is 0.472. The van der Waals surface area contributed by atoms with Gasteiger partial charge in [-0.2, -0.15) is 0 Å². The van der Waals surface area contributed by atoms with Gasteiger partial charge in [-0.15, -0.1) is 0 Å². The van der Waals surface area contributed by atoms with Crippen molar-refractivity contribution in [3.8, 4) is 0 Å². The van der Waals surface area contributed by atoms with Gasteiger partial charge < -0.3 is 20.1 Å². The number of rotatable bonds is 13. The van der Waals surface area contributed by atoms with Crippen molar-refractivity contribution < 1.29 is 26.7 Å². The van der Waals surface area contributed by atoms with Gasteiger partial charge in [0.25, 0.3) is 0 Å². The Labute approximate surface area is 165 Å². The van der Waals surface area contributed by atoms with E-state index < -0.39 is 0 Å². The maximum absolute atomic E-state index is 12.2. The van der Waals surface area contributed by atoms with E-state index in [1.54, 1.807) is 0 Å². The zero-order chi connectivity index (χ0) is 20.1. The molecule has 1 saturated carbocycles. The monoisotopic (exact) mass is 388 g/mol. The molecule has 0 spiro atoms. The normalized spacial score (nSPS) is 20.7. The largest absolute Gasteiger partial charge is 0.379 e. The molecule has 7 nitrogen and oxygen atoms in total. The number of Topliss-reactive ketones (excluding diaryl/α,β-unsaturated/α-hetero) is 1. The standard InChI is InChI=1S/C20H36N2O5.2H2/c1-4-15(3)20(25)16-6-8-17(9-7-16)22-18(23)10-12-27-13-11-21-19(24)14-26-5-2;;/h15-17H,4-14H2,1-3H3,(H,21,24)(H,22,23);2*1H. The van der Waals surface area contributed by atoms with Gasteiger partial charge in [0, 0.05) is 40.3 Å². The molecule has 0 aromatic rings. The second-order valence-corrected chi connectivity index (χ2v) is 7.18. The fraction of sp³-hybridized carbons (Fsp3) is 0.850. The van der Waals surface area contributed by atoms with Crippen LogP contribution in [-0.4, -0.2) is 56.6 Å². The molecule has 0 radical (unpaired) electrons. The minimum absolute atomic E-state index is 0. The Balaban J connectivity index is 0. The third kappa shape index (κ3) is 9.86. The summed E-state index contributed by atoms with van der Waals surface area (Å²) in [6.07, 6.45) is 4.67. The van der Waals surface area contributed by atoms with Crippen LogP contribution in [0.4, 0.5) is 0 Å². The summed E-state index contributed by atoms with van der Waals surface area (Å²) in [5.74, 6) is 0.494. The van der Waals surface area contributed by atoms with Crippen molar-refractivity contribution in [1.29, 1.82) is 0 Å². The average molecular weight is 389 g/mol. The Morgan fingerprint density at radius 1 is 1.04 bits per heavy atom. The summed E-state index contributed by atoms with van der Waals surface area (Å²) in [6.45, 7) is 7.55. The Bertz CT molecular complexity index is 472. The van der Waals surface area contributed by atoms with Crippen molar-refractivity contribution in [2.45, 2.75) is 65.3 Å². The summed E-state index contributed by atoms with van der Waals surface area (Å²) >= 11 is 0. The zero-order valence-electron chi connectivity index (χ0n) is 17.1. The molecule has 0 aromatic carbocycles. The van der Waals surface area contributed by atoms with Crippen LogP contribution in [0.1, 0.15) is 62.1 Å². The number of amides is 2. The van der Waals surface area contributed by atoms with E-state index in [1.165, 1.54) is 0 Å². The van der Waals surface area contributed by atoms with Crippen molar-refractivity contribution >= 4 is 17.6 Å². The van der Waals surface area contributed by atoms with Crippen LogP contribution in [0.25, 0.3) is 0 Å². The first kappa shape index (κ1) is 23.6. The topological polar surface area (TPSA) is 93.7 Å². The third-order valence-electron chi connectivity index (χ3n) is 5.07. The molecule has 1 unspecified atom stereocenters. The number of hydrogen-bond acceptors (Lipinski definition) is 5. The second kappa shape index (κ2) is 13.7. The van der Waals surface area contributed by atoms with Crippen molar-refractivity contribution in [3.63, 3.8) is 0 Å². The summed E-state index contributed by atoms with van der Waals surface area (Å²) in [6, 6.07) is 0.163. The molecule has 1 rings (SSSR count). The Morgan fingerprint density at radius 2 is 1.74 bits per heavy atom. The van der Waals surface area contributed by atoms with Gasteiger partial charge in [0.15, 0.2) is 0 Å². The number of carbonyl (C=O) groups is 3. The average Bonchev–Trinajstić information content (AvgIpc) is 2.68. The first-order valence-corrected chi connectivity index (χ1v) is 10.2. The highest BCUT2D eigenvalue weighted by Crippen LogP contribution is 2.28. The summed E-state index contributed by atoms with van der Waals surface area (Å²) in [4.78, 5) is 35.5.